The number of amides is 1. The van der Waals surface area contributed by atoms with Gasteiger partial charge in [0, 0.05) is 6.04 Å². The number of nitrogens with zero attached hydrogens (tertiary/aromatic N) is 2. The number of piperidine rings is 1. The summed E-state index contributed by atoms with van der Waals surface area (Å²) in [5, 5.41) is 11.5. The van der Waals surface area contributed by atoms with Crippen molar-refractivity contribution in [3.05, 3.63) is 0 Å². The van der Waals surface area contributed by atoms with Gasteiger partial charge in [-0.15, -0.1) is 0 Å². The lowest BCUT2D eigenvalue weighted by molar-refractivity contribution is -0.121. The molecule has 0 unspecified atom stereocenters. The largest absolute Gasteiger partial charge is 0.352 e. The normalized spacial score (nSPS) is 24.7. The number of carbonyl (C=O) groups excluding carboxylic acids is 1. The quantitative estimate of drug-likeness (QED) is 0.810. The van der Waals surface area contributed by atoms with E-state index in [1.165, 1.54) is 38.8 Å². The van der Waals surface area contributed by atoms with Crippen LogP contribution < -0.4 is 5.32 Å². The monoisotopic (exact) mass is 249 g/mol. The summed E-state index contributed by atoms with van der Waals surface area (Å²) in [6.07, 6.45) is 7.25. The van der Waals surface area contributed by atoms with E-state index in [2.05, 4.69) is 17.3 Å². The molecule has 4 nitrogen and oxygen atoms in total. The van der Waals surface area contributed by atoms with Gasteiger partial charge in [-0.1, -0.05) is 0 Å². The fourth-order valence-corrected chi connectivity index (χ4v) is 3.32. The Kier molecular flexibility index (Phi) is 4.23. The van der Waals surface area contributed by atoms with Crippen molar-refractivity contribution in [1.29, 1.82) is 5.26 Å². The molecule has 2 aliphatic rings. The van der Waals surface area contributed by atoms with Crippen molar-refractivity contribution >= 4 is 5.91 Å². The SMILES string of the molecule is CN1CCC2(CCC(NC(=O)CC#N)CC2)CC1. The van der Waals surface area contributed by atoms with Gasteiger partial charge in [-0.2, -0.15) is 5.26 Å². The maximum atomic E-state index is 11.4. The zero-order valence-corrected chi connectivity index (χ0v) is 11.2. The van der Waals surface area contributed by atoms with Crippen LogP contribution in [0.4, 0.5) is 0 Å². The zero-order valence-electron chi connectivity index (χ0n) is 11.2. The molecule has 0 aromatic carbocycles. The summed E-state index contributed by atoms with van der Waals surface area (Å²) in [5.74, 6) is -0.109. The smallest absolute Gasteiger partial charge is 0.234 e. The van der Waals surface area contributed by atoms with Crippen LogP contribution in [-0.4, -0.2) is 37.0 Å². The van der Waals surface area contributed by atoms with E-state index in [1.54, 1.807) is 0 Å². The Balaban J connectivity index is 1.78. The molecule has 1 spiro atoms. The Morgan fingerprint density at radius 3 is 2.50 bits per heavy atom. The van der Waals surface area contributed by atoms with Crippen molar-refractivity contribution in [3.8, 4) is 6.07 Å². The summed E-state index contributed by atoms with van der Waals surface area (Å²) in [5.41, 5.74) is 0.545. The van der Waals surface area contributed by atoms with Crippen LogP contribution in [0.25, 0.3) is 0 Å². The third kappa shape index (κ3) is 3.23. The highest BCUT2D eigenvalue weighted by molar-refractivity contribution is 5.78. The minimum absolute atomic E-state index is 0.00750. The Labute approximate surface area is 109 Å². The highest BCUT2D eigenvalue weighted by Gasteiger charge is 2.37. The summed E-state index contributed by atoms with van der Waals surface area (Å²) in [7, 11) is 2.20. The van der Waals surface area contributed by atoms with E-state index >= 15 is 0 Å². The molecule has 18 heavy (non-hydrogen) atoms. The summed E-state index contributed by atoms with van der Waals surface area (Å²) < 4.78 is 0. The van der Waals surface area contributed by atoms with Gasteiger partial charge >= 0.3 is 0 Å². The average molecular weight is 249 g/mol. The standard InChI is InChI=1S/C14H23N3O/c1-17-10-7-14(8-11-17)5-2-12(3-6-14)16-13(18)4-9-15/h12H,2-8,10-11H2,1H3,(H,16,18). The number of hydrogen-bond donors (Lipinski definition) is 1. The third-order valence-corrected chi connectivity index (χ3v) is 4.70. The van der Waals surface area contributed by atoms with Crippen LogP contribution in [0.3, 0.4) is 0 Å². The Morgan fingerprint density at radius 1 is 1.33 bits per heavy atom. The molecule has 0 bridgehead atoms. The molecule has 0 atom stereocenters. The fourth-order valence-electron chi connectivity index (χ4n) is 3.32. The molecule has 4 heteroatoms. The molecule has 0 aromatic rings. The van der Waals surface area contributed by atoms with E-state index in [1.807, 2.05) is 6.07 Å². The van der Waals surface area contributed by atoms with Crippen LogP contribution in [0, 0.1) is 16.7 Å². The van der Waals surface area contributed by atoms with Gasteiger partial charge in [0.05, 0.1) is 6.07 Å². The molecular formula is C14H23N3O. The minimum atomic E-state index is -0.109. The van der Waals surface area contributed by atoms with Crippen LogP contribution in [-0.2, 0) is 4.79 Å². The zero-order chi connectivity index (χ0) is 13.0. The molecule has 1 aliphatic carbocycles. The van der Waals surface area contributed by atoms with E-state index in [0.717, 1.165) is 12.8 Å². The molecule has 0 radical (unpaired) electrons. The van der Waals surface area contributed by atoms with Crippen molar-refractivity contribution in [2.24, 2.45) is 5.41 Å². The van der Waals surface area contributed by atoms with Crippen molar-refractivity contribution in [3.63, 3.8) is 0 Å². The second kappa shape index (κ2) is 5.71. The van der Waals surface area contributed by atoms with E-state index in [9.17, 15) is 4.79 Å². The first kappa shape index (κ1) is 13.4. The highest BCUT2D eigenvalue weighted by atomic mass is 16.1. The van der Waals surface area contributed by atoms with Crippen LogP contribution in [0.2, 0.25) is 0 Å². The summed E-state index contributed by atoms with van der Waals surface area (Å²) in [6, 6.07) is 2.20. The van der Waals surface area contributed by atoms with Gasteiger partial charge in [-0.25, -0.2) is 0 Å². The molecule has 2 rings (SSSR count). The number of nitriles is 1. The molecule has 1 aliphatic heterocycles. The molecular weight excluding hydrogens is 226 g/mol. The fraction of sp³-hybridized carbons (Fsp3) is 0.857. The molecule has 0 aromatic heterocycles. The predicted molar refractivity (Wildman–Crippen MR) is 69.8 cm³/mol. The number of likely N-dealkylation sites (tertiary alicyclic amines) is 1. The van der Waals surface area contributed by atoms with E-state index in [0.29, 0.717) is 11.5 Å². The lowest BCUT2D eigenvalue weighted by Crippen LogP contribution is -2.44. The van der Waals surface area contributed by atoms with Crippen LogP contribution in [0.1, 0.15) is 44.9 Å². The van der Waals surface area contributed by atoms with Crippen LogP contribution >= 0.6 is 0 Å². The van der Waals surface area contributed by atoms with Crippen LogP contribution in [0.15, 0.2) is 0 Å². The second-order valence-corrected chi connectivity index (χ2v) is 5.98. The van der Waals surface area contributed by atoms with Gasteiger partial charge in [0.25, 0.3) is 0 Å². The topological polar surface area (TPSA) is 56.1 Å². The van der Waals surface area contributed by atoms with Gasteiger partial charge in [0.1, 0.15) is 6.42 Å². The molecule has 100 valence electrons. The first-order valence-corrected chi connectivity index (χ1v) is 6.98. The number of hydrogen-bond acceptors (Lipinski definition) is 3. The Hall–Kier alpha value is -1.08. The number of nitrogens with one attached hydrogen (secondary N) is 1. The van der Waals surface area contributed by atoms with E-state index in [-0.39, 0.29) is 12.3 Å². The Bertz CT molecular complexity index is 329. The van der Waals surface area contributed by atoms with E-state index < -0.39 is 0 Å². The van der Waals surface area contributed by atoms with Gasteiger partial charge in [-0.3, -0.25) is 4.79 Å². The Morgan fingerprint density at radius 2 is 1.94 bits per heavy atom. The molecule has 1 N–H and O–H groups in total. The van der Waals surface area contributed by atoms with Crippen molar-refractivity contribution < 1.29 is 4.79 Å². The van der Waals surface area contributed by atoms with Crippen molar-refractivity contribution in [2.45, 2.75) is 51.0 Å². The maximum absolute atomic E-state index is 11.4. The van der Waals surface area contributed by atoms with Crippen molar-refractivity contribution in [2.75, 3.05) is 20.1 Å². The molecule has 1 saturated carbocycles. The minimum Gasteiger partial charge on any atom is -0.352 e. The number of carbonyl (C=O) groups is 1. The third-order valence-electron chi connectivity index (χ3n) is 4.70. The summed E-state index contributed by atoms with van der Waals surface area (Å²) >= 11 is 0. The maximum Gasteiger partial charge on any atom is 0.234 e. The average Bonchev–Trinajstić information content (AvgIpc) is 2.37. The van der Waals surface area contributed by atoms with Crippen molar-refractivity contribution in [1.82, 2.24) is 10.2 Å². The second-order valence-electron chi connectivity index (χ2n) is 5.98. The van der Waals surface area contributed by atoms with E-state index in [4.69, 9.17) is 5.26 Å². The molecule has 1 saturated heterocycles. The summed E-state index contributed by atoms with van der Waals surface area (Å²) in [6.45, 7) is 2.43. The van der Waals surface area contributed by atoms with Gasteiger partial charge in [-0.05, 0) is 64.1 Å². The lowest BCUT2D eigenvalue weighted by atomic mass is 9.67. The number of rotatable bonds is 2. The molecule has 1 heterocycles. The first-order chi connectivity index (χ1) is 8.63. The van der Waals surface area contributed by atoms with Crippen LogP contribution in [0.5, 0.6) is 0 Å². The van der Waals surface area contributed by atoms with Gasteiger partial charge in [0.2, 0.25) is 5.91 Å². The summed E-state index contributed by atoms with van der Waals surface area (Å²) in [4.78, 5) is 13.8. The highest BCUT2D eigenvalue weighted by Crippen LogP contribution is 2.44. The first-order valence-electron chi connectivity index (χ1n) is 6.98. The molecule has 1 amide bonds. The lowest BCUT2D eigenvalue weighted by Gasteiger charge is -2.45. The molecule has 2 fully saturated rings. The predicted octanol–water partition coefficient (Wildman–Crippen LogP) is 1.67. The van der Waals surface area contributed by atoms with Gasteiger partial charge in [0.15, 0.2) is 0 Å². The van der Waals surface area contributed by atoms with Gasteiger partial charge < -0.3 is 10.2 Å².